The van der Waals surface area contributed by atoms with Gasteiger partial charge in [-0.15, -0.1) is 0 Å². The van der Waals surface area contributed by atoms with E-state index in [0.717, 1.165) is 6.54 Å². The molecule has 0 aliphatic heterocycles. The van der Waals surface area contributed by atoms with Crippen molar-refractivity contribution < 1.29 is 9.53 Å². The van der Waals surface area contributed by atoms with E-state index in [1.807, 2.05) is 20.8 Å². The van der Waals surface area contributed by atoms with Crippen molar-refractivity contribution in [2.24, 2.45) is 0 Å². The fourth-order valence-electron chi connectivity index (χ4n) is 1.46. The second-order valence-electron chi connectivity index (χ2n) is 4.47. The molecule has 0 saturated heterocycles. The monoisotopic (exact) mass is 266 g/mol. The van der Waals surface area contributed by atoms with E-state index in [1.54, 1.807) is 18.1 Å². The van der Waals surface area contributed by atoms with Gasteiger partial charge in [-0.05, 0) is 20.8 Å². The Kier molecular flexibility index (Phi) is 6.21. The standard InChI is InChI=1S/C13H22N4O2/c1-5-15-12-9-14-8-11(16-12)13(18)17(4)6-7-19-10(2)3/h8-10H,5-7H2,1-4H3,(H,15,16). The van der Waals surface area contributed by atoms with E-state index >= 15 is 0 Å². The first-order valence-corrected chi connectivity index (χ1v) is 6.47. The number of aromatic nitrogens is 2. The van der Waals surface area contributed by atoms with Crippen molar-refractivity contribution in [3.05, 3.63) is 18.1 Å². The molecule has 0 bridgehead atoms. The van der Waals surface area contributed by atoms with Crippen LogP contribution in [0.4, 0.5) is 5.82 Å². The molecule has 1 heterocycles. The number of amides is 1. The van der Waals surface area contributed by atoms with Crippen molar-refractivity contribution >= 4 is 11.7 Å². The molecule has 1 N–H and O–H groups in total. The number of carbonyl (C=O) groups excluding carboxylic acids is 1. The highest BCUT2D eigenvalue weighted by Gasteiger charge is 2.14. The predicted molar refractivity (Wildman–Crippen MR) is 74.2 cm³/mol. The number of hydrogen-bond donors (Lipinski definition) is 1. The Hall–Kier alpha value is -1.69. The number of likely N-dealkylation sites (N-methyl/N-ethyl adjacent to an activating group) is 1. The van der Waals surface area contributed by atoms with Crippen molar-refractivity contribution in [2.75, 3.05) is 32.1 Å². The van der Waals surface area contributed by atoms with Crippen LogP contribution in [0.1, 0.15) is 31.3 Å². The highest BCUT2D eigenvalue weighted by molar-refractivity contribution is 5.92. The third kappa shape index (κ3) is 5.21. The second kappa shape index (κ2) is 7.68. The zero-order chi connectivity index (χ0) is 14.3. The van der Waals surface area contributed by atoms with Gasteiger partial charge in [-0.1, -0.05) is 0 Å². The lowest BCUT2D eigenvalue weighted by atomic mass is 10.4. The zero-order valence-electron chi connectivity index (χ0n) is 12.0. The van der Waals surface area contributed by atoms with Crippen LogP contribution in [0, 0.1) is 0 Å². The molecular formula is C13H22N4O2. The van der Waals surface area contributed by atoms with Gasteiger partial charge in [0.15, 0.2) is 0 Å². The van der Waals surface area contributed by atoms with Gasteiger partial charge in [0.25, 0.3) is 5.91 Å². The molecule has 0 spiro atoms. The molecule has 0 fully saturated rings. The van der Waals surface area contributed by atoms with Crippen LogP contribution in [-0.2, 0) is 4.74 Å². The third-order valence-corrected chi connectivity index (χ3v) is 2.44. The smallest absolute Gasteiger partial charge is 0.273 e. The average Bonchev–Trinajstić information content (AvgIpc) is 2.38. The van der Waals surface area contributed by atoms with Crippen LogP contribution in [0.15, 0.2) is 12.4 Å². The van der Waals surface area contributed by atoms with E-state index in [4.69, 9.17) is 4.74 Å². The summed E-state index contributed by atoms with van der Waals surface area (Å²) in [5.74, 6) is 0.458. The van der Waals surface area contributed by atoms with Crippen LogP contribution < -0.4 is 5.32 Å². The number of nitrogens with zero attached hydrogens (tertiary/aromatic N) is 3. The SMILES string of the molecule is CCNc1cncc(C(=O)N(C)CCOC(C)C)n1. The molecule has 0 aromatic carbocycles. The van der Waals surface area contributed by atoms with Gasteiger partial charge in [0.1, 0.15) is 11.5 Å². The first kappa shape index (κ1) is 15.4. The van der Waals surface area contributed by atoms with Crippen LogP contribution >= 0.6 is 0 Å². The summed E-state index contributed by atoms with van der Waals surface area (Å²) in [6.07, 6.45) is 3.24. The quantitative estimate of drug-likeness (QED) is 0.808. The van der Waals surface area contributed by atoms with Gasteiger partial charge in [0, 0.05) is 20.1 Å². The lowest BCUT2D eigenvalue weighted by molar-refractivity contribution is 0.0529. The normalized spacial score (nSPS) is 10.6. The van der Waals surface area contributed by atoms with Gasteiger partial charge in [0.2, 0.25) is 0 Å². The van der Waals surface area contributed by atoms with Crippen molar-refractivity contribution in [3.63, 3.8) is 0 Å². The number of anilines is 1. The van der Waals surface area contributed by atoms with Crippen LogP contribution in [0.3, 0.4) is 0 Å². The van der Waals surface area contributed by atoms with Crippen molar-refractivity contribution in [1.82, 2.24) is 14.9 Å². The van der Waals surface area contributed by atoms with E-state index in [2.05, 4.69) is 15.3 Å². The fourth-order valence-corrected chi connectivity index (χ4v) is 1.46. The van der Waals surface area contributed by atoms with Crippen molar-refractivity contribution in [2.45, 2.75) is 26.9 Å². The van der Waals surface area contributed by atoms with Crippen LogP contribution in [0.2, 0.25) is 0 Å². The number of ether oxygens (including phenoxy) is 1. The van der Waals surface area contributed by atoms with E-state index in [1.165, 1.54) is 6.20 Å². The van der Waals surface area contributed by atoms with Gasteiger partial charge >= 0.3 is 0 Å². The predicted octanol–water partition coefficient (Wildman–Crippen LogP) is 1.41. The van der Waals surface area contributed by atoms with Crippen LogP contribution in [-0.4, -0.2) is 53.6 Å². The van der Waals surface area contributed by atoms with Crippen molar-refractivity contribution in [1.29, 1.82) is 0 Å². The molecule has 0 aliphatic carbocycles. The van der Waals surface area contributed by atoms with Gasteiger partial charge in [-0.25, -0.2) is 4.98 Å². The van der Waals surface area contributed by atoms with E-state index in [9.17, 15) is 4.79 Å². The summed E-state index contributed by atoms with van der Waals surface area (Å²) in [5.41, 5.74) is 0.338. The summed E-state index contributed by atoms with van der Waals surface area (Å²) in [5, 5.41) is 3.03. The molecule has 6 nitrogen and oxygen atoms in total. The summed E-state index contributed by atoms with van der Waals surface area (Å²) in [4.78, 5) is 21.9. The number of rotatable bonds is 7. The van der Waals surface area contributed by atoms with Gasteiger partial charge in [-0.2, -0.15) is 0 Å². The largest absolute Gasteiger partial charge is 0.377 e. The Morgan fingerprint density at radius 2 is 2.21 bits per heavy atom. The zero-order valence-corrected chi connectivity index (χ0v) is 12.0. The Bertz CT molecular complexity index is 409. The average molecular weight is 266 g/mol. The molecule has 1 rings (SSSR count). The molecule has 106 valence electrons. The van der Waals surface area contributed by atoms with Gasteiger partial charge < -0.3 is 15.0 Å². The molecule has 1 aromatic heterocycles. The maximum atomic E-state index is 12.1. The van der Waals surface area contributed by atoms with Crippen LogP contribution in [0.5, 0.6) is 0 Å². The topological polar surface area (TPSA) is 67.4 Å². The molecule has 1 amide bonds. The minimum Gasteiger partial charge on any atom is -0.377 e. The lowest BCUT2D eigenvalue weighted by Crippen LogP contribution is -2.31. The lowest BCUT2D eigenvalue weighted by Gasteiger charge is -2.17. The first-order valence-electron chi connectivity index (χ1n) is 6.47. The molecule has 0 radical (unpaired) electrons. The Morgan fingerprint density at radius 3 is 2.84 bits per heavy atom. The Morgan fingerprint density at radius 1 is 1.47 bits per heavy atom. The molecule has 0 saturated carbocycles. The van der Waals surface area contributed by atoms with E-state index < -0.39 is 0 Å². The molecular weight excluding hydrogens is 244 g/mol. The maximum absolute atomic E-state index is 12.1. The summed E-state index contributed by atoms with van der Waals surface area (Å²) in [6.45, 7) is 7.68. The number of carbonyl (C=O) groups is 1. The minimum atomic E-state index is -0.153. The third-order valence-electron chi connectivity index (χ3n) is 2.44. The van der Waals surface area contributed by atoms with Crippen molar-refractivity contribution in [3.8, 4) is 0 Å². The first-order chi connectivity index (χ1) is 9.04. The summed E-state index contributed by atoms with van der Waals surface area (Å²) < 4.78 is 5.42. The Balaban J connectivity index is 2.58. The number of nitrogens with one attached hydrogen (secondary N) is 1. The summed E-state index contributed by atoms with van der Waals surface area (Å²) in [6, 6.07) is 0. The molecule has 0 atom stereocenters. The molecule has 6 heteroatoms. The number of hydrogen-bond acceptors (Lipinski definition) is 5. The minimum absolute atomic E-state index is 0.153. The highest BCUT2D eigenvalue weighted by Crippen LogP contribution is 2.04. The molecule has 1 aromatic rings. The molecule has 19 heavy (non-hydrogen) atoms. The van der Waals surface area contributed by atoms with Crippen LogP contribution in [0.25, 0.3) is 0 Å². The van der Waals surface area contributed by atoms with Gasteiger partial charge in [-0.3, -0.25) is 9.78 Å². The fraction of sp³-hybridized carbons (Fsp3) is 0.615. The molecule has 0 unspecified atom stereocenters. The molecule has 0 aliphatic rings. The Labute approximate surface area is 114 Å². The van der Waals surface area contributed by atoms with E-state index in [0.29, 0.717) is 24.7 Å². The second-order valence-corrected chi connectivity index (χ2v) is 4.47. The summed E-state index contributed by atoms with van der Waals surface area (Å²) >= 11 is 0. The van der Waals surface area contributed by atoms with Gasteiger partial charge in [0.05, 0.1) is 25.1 Å². The van der Waals surface area contributed by atoms with E-state index in [-0.39, 0.29) is 12.0 Å². The highest BCUT2D eigenvalue weighted by atomic mass is 16.5. The maximum Gasteiger partial charge on any atom is 0.273 e. The summed E-state index contributed by atoms with van der Waals surface area (Å²) in [7, 11) is 1.73.